The third-order valence-electron chi connectivity index (χ3n) is 4.67. The highest BCUT2D eigenvalue weighted by atomic mass is 19.1. The van der Waals surface area contributed by atoms with Gasteiger partial charge in [-0.05, 0) is 42.3 Å². The van der Waals surface area contributed by atoms with Gasteiger partial charge in [0.25, 0.3) is 0 Å². The van der Waals surface area contributed by atoms with Gasteiger partial charge in [0.2, 0.25) is 0 Å². The number of aromatic amines is 1. The predicted molar refractivity (Wildman–Crippen MR) is 92.1 cm³/mol. The molecule has 0 atom stereocenters. The minimum absolute atomic E-state index is 0.0225. The SMILES string of the molecule is Cc1ccccc1N1CCc2[nH]c(-c3c(F)cccc3F)cc2C1. The molecule has 2 nitrogen and oxygen atoms in total. The van der Waals surface area contributed by atoms with Crippen LogP contribution in [0.25, 0.3) is 11.3 Å². The molecule has 0 saturated heterocycles. The zero-order chi connectivity index (χ0) is 16.7. The number of aromatic nitrogens is 1. The molecule has 1 N–H and O–H groups in total. The lowest BCUT2D eigenvalue weighted by atomic mass is 10.0. The molecule has 4 rings (SSSR count). The fraction of sp³-hybridized carbons (Fsp3) is 0.200. The second kappa shape index (κ2) is 5.78. The number of nitrogens with one attached hydrogen (secondary N) is 1. The number of H-pyrrole nitrogens is 1. The van der Waals surface area contributed by atoms with Gasteiger partial charge in [-0.1, -0.05) is 24.3 Å². The fourth-order valence-electron chi connectivity index (χ4n) is 3.45. The van der Waals surface area contributed by atoms with Crippen LogP contribution >= 0.6 is 0 Å². The van der Waals surface area contributed by atoms with Crippen molar-refractivity contribution in [2.24, 2.45) is 0 Å². The first kappa shape index (κ1) is 14.9. The number of benzene rings is 2. The molecule has 4 heteroatoms. The number of hydrogen-bond donors (Lipinski definition) is 1. The molecule has 1 aliphatic rings. The lowest BCUT2D eigenvalue weighted by Gasteiger charge is -2.30. The first-order valence-electron chi connectivity index (χ1n) is 8.09. The van der Waals surface area contributed by atoms with Crippen LogP contribution in [0, 0.1) is 18.6 Å². The van der Waals surface area contributed by atoms with E-state index in [9.17, 15) is 8.78 Å². The summed E-state index contributed by atoms with van der Waals surface area (Å²) in [6.45, 7) is 3.73. The molecular weight excluding hydrogens is 306 g/mol. The van der Waals surface area contributed by atoms with Gasteiger partial charge in [-0.3, -0.25) is 0 Å². The maximum absolute atomic E-state index is 14.0. The summed E-state index contributed by atoms with van der Waals surface area (Å²) < 4.78 is 28.0. The average Bonchev–Trinajstić information content (AvgIpc) is 2.97. The van der Waals surface area contributed by atoms with Gasteiger partial charge in [0.15, 0.2) is 0 Å². The molecule has 0 fully saturated rings. The molecule has 3 aromatic rings. The lowest BCUT2D eigenvalue weighted by molar-refractivity contribution is 0.589. The van der Waals surface area contributed by atoms with Crippen LogP contribution < -0.4 is 4.90 Å². The molecule has 1 aliphatic heterocycles. The highest BCUT2D eigenvalue weighted by Crippen LogP contribution is 2.32. The van der Waals surface area contributed by atoms with Crippen LogP contribution in [0.1, 0.15) is 16.8 Å². The van der Waals surface area contributed by atoms with Crippen LogP contribution in [0.5, 0.6) is 0 Å². The van der Waals surface area contributed by atoms with E-state index in [0.29, 0.717) is 5.69 Å². The van der Waals surface area contributed by atoms with E-state index in [2.05, 4.69) is 28.9 Å². The summed E-state index contributed by atoms with van der Waals surface area (Å²) in [7, 11) is 0. The number of para-hydroxylation sites is 1. The summed E-state index contributed by atoms with van der Waals surface area (Å²) in [5.74, 6) is -1.08. The number of aryl methyl sites for hydroxylation is 1. The van der Waals surface area contributed by atoms with Crippen LogP contribution in [0.3, 0.4) is 0 Å². The van der Waals surface area contributed by atoms with E-state index >= 15 is 0 Å². The molecule has 1 aromatic heterocycles. The van der Waals surface area contributed by atoms with E-state index in [4.69, 9.17) is 0 Å². The van der Waals surface area contributed by atoms with Crippen LogP contribution in [0.4, 0.5) is 14.5 Å². The molecule has 0 radical (unpaired) electrons. The maximum Gasteiger partial charge on any atom is 0.135 e. The summed E-state index contributed by atoms with van der Waals surface area (Å²) in [6, 6.07) is 14.1. The first-order chi connectivity index (χ1) is 11.6. The molecule has 122 valence electrons. The number of fused-ring (bicyclic) bond motifs is 1. The topological polar surface area (TPSA) is 19.0 Å². The van der Waals surface area contributed by atoms with Gasteiger partial charge in [0, 0.05) is 30.9 Å². The molecule has 0 amide bonds. The van der Waals surface area contributed by atoms with Crippen molar-refractivity contribution in [2.75, 3.05) is 11.4 Å². The average molecular weight is 324 g/mol. The number of nitrogens with zero attached hydrogens (tertiary/aromatic N) is 1. The maximum atomic E-state index is 14.0. The van der Waals surface area contributed by atoms with E-state index in [1.54, 1.807) is 0 Å². The van der Waals surface area contributed by atoms with Crippen molar-refractivity contribution < 1.29 is 8.78 Å². The van der Waals surface area contributed by atoms with Crippen molar-refractivity contribution in [1.29, 1.82) is 0 Å². The van der Waals surface area contributed by atoms with Gasteiger partial charge < -0.3 is 9.88 Å². The van der Waals surface area contributed by atoms with E-state index in [1.807, 2.05) is 18.2 Å². The first-order valence-corrected chi connectivity index (χ1v) is 8.09. The number of halogens is 2. The Morgan fingerprint density at radius 2 is 1.75 bits per heavy atom. The van der Waals surface area contributed by atoms with Gasteiger partial charge in [-0.15, -0.1) is 0 Å². The van der Waals surface area contributed by atoms with Crippen LogP contribution in [-0.2, 0) is 13.0 Å². The van der Waals surface area contributed by atoms with Crippen LogP contribution in [0.15, 0.2) is 48.5 Å². The Morgan fingerprint density at radius 3 is 2.50 bits per heavy atom. The highest BCUT2D eigenvalue weighted by Gasteiger charge is 2.22. The largest absolute Gasteiger partial charge is 0.367 e. The Labute approximate surface area is 139 Å². The Morgan fingerprint density at radius 1 is 1.00 bits per heavy atom. The van der Waals surface area contributed by atoms with E-state index in [0.717, 1.165) is 30.8 Å². The smallest absolute Gasteiger partial charge is 0.135 e. The summed E-state index contributed by atoms with van der Waals surface area (Å²) in [6.07, 6.45) is 0.833. The van der Waals surface area contributed by atoms with Gasteiger partial charge in [0.1, 0.15) is 11.6 Å². The van der Waals surface area contributed by atoms with Crippen molar-refractivity contribution in [1.82, 2.24) is 4.98 Å². The third kappa shape index (κ3) is 2.48. The zero-order valence-electron chi connectivity index (χ0n) is 13.4. The summed E-state index contributed by atoms with van der Waals surface area (Å²) in [5.41, 5.74) is 5.15. The van der Waals surface area contributed by atoms with Gasteiger partial charge >= 0.3 is 0 Å². The Balaban J connectivity index is 1.69. The molecular formula is C20H18F2N2. The number of hydrogen-bond acceptors (Lipinski definition) is 1. The van der Waals surface area contributed by atoms with Gasteiger partial charge in [-0.25, -0.2) is 8.78 Å². The minimum atomic E-state index is -0.538. The van der Waals surface area contributed by atoms with Crippen molar-refractivity contribution in [3.63, 3.8) is 0 Å². The molecule has 0 spiro atoms. The van der Waals surface area contributed by atoms with Crippen LogP contribution in [-0.4, -0.2) is 11.5 Å². The molecule has 0 aliphatic carbocycles. The number of rotatable bonds is 2. The number of anilines is 1. The quantitative estimate of drug-likeness (QED) is 0.715. The van der Waals surface area contributed by atoms with E-state index in [-0.39, 0.29) is 5.56 Å². The molecule has 24 heavy (non-hydrogen) atoms. The normalized spacial score (nSPS) is 13.9. The lowest BCUT2D eigenvalue weighted by Crippen LogP contribution is -2.30. The standard InChI is InChI=1S/C20H18F2N2/c1-13-5-2-3-8-19(13)24-10-9-17-14(12-24)11-18(23-17)20-15(21)6-4-7-16(20)22/h2-8,11,23H,9-10,12H2,1H3. The van der Waals surface area contributed by atoms with E-state index in [1.165, 1.54) is 29.4 Å². The molecule has 2 aromatic carbocycles. The van der Waals surface area contributed by atoms with Crippen molar-refractivity contribution >= 4 is 5.69 Å². The summed E-state index contributed by atoms with van der Waals surface area (Å²) in [5, 5.41) is 0. The second-order valence-corrected chi connectivity index (χ2v) is 6.24. The van der Waals surface area contributed by atoms with E-state index < -0.39 is 11.6 Å². The Bertz CT molecular complexity index is 878. The third-order valence-corrected chi connectivity index (χ3v) is 4.67. The highest BCUT2D eigenvalue weighted by molar-refractivity contribution is 5.64. The minimum Gasteiger partial charge on any atom is -0.367 e. The molecule has 0 saturated carbocycles. The molecule has 0 bridgehead atoms. The van der Waals surface area contributed by atoms with Crippen LogP contribution in [0.2, 0.25) is 0 Å². The Hall–Kier alpha value is -2.62. The van der Waals surface area contributed by atoms with Gasteiger partial charge in [-0.2, -0.15) is 0 Å². The Kier molecular flexibility index (Phi) is 3.60. The van der Waals surface area contributed by atoms with Crippen molar-refractivity contribution in [3.05, 3.63) is 77.0 Å². The summed E-state index contributed by atoms with van der Waals surface area (Å²) >= 11 is 0. The summed E-state index contributed by atoms with van der Waals surface area (Å²) in [4.78, 5) is 5.52. The fourth-order valence-corrected chi connectivity index (χ4v) is 3.45. The van der Waals surface area contributed by atoms with Crippen molar-refractivity contribution in [2.45, 2.75) is 19.9 Å². The van der Waals surface area contributed by atoms with Crippen molar-refractivity contribution in [3.8, 4) is 11.3 Å². The van der Waals surface area contributed by atoms with Gasteiger partial charge in [0.05, 0.1) is 11.3 Å². The molecule has 2 heterocycles. The predicted octanol–water partition coefficient (Wildman–Crippen LogP) is 4.83. The monoisotopic (exact) mass is 324 g/mol. The second-order valence-electron chi connectivity index (χ2n) is 6.24. The molecule has 0 unspecified atom stereocenters. The zero-order valence-corrected chi connectivity index (χ0v) is 13.4.